The van der Waals surface area contributed by atoms with Crippen LogP contribution in [0.4, 0.5) is 5.69 Å². The van der Waals surface area contributed by atoms with E-state index in [0.717, 1.165) is 29.4 Å². The van der Waals surface area contributed by atoms with Crippen LogP contribution in [0.15, 0.2) is 28.8 Å². The van der Waals surface area contributed by atoms with E-state index in [4.69, 9.17) is 24.7 Å². The molecule has 0 spiro atoms. The van der Waals surface area contributed by atoms with Crippen molar-refractivity contribution in [3.8, 4) is 11.5 Å². The second-order valence-corrected chi connectivity index (χ2v) is 7.26. The molecule has 3 aromatic rings. The number of likely N-dealkylation sites (tertiary alicyclic amines) is 1. The minimum atomic E-state index is -0.125. The SMILES string of the molecule is COc1cc2cc(N)c(C3CCN(C(=O)c4cc(C)no4)CC3)nc2cc1OC. The molecule has 1 fully saturated rings. The predicted molar refractivity (Wildman–Crippen MR) is 108 cm³/mol. The first-order chi connectivity index (χ1) is 14.0. The Bertz CT molecular complexity index is 1050. The van der Waals surface area contributed by atoms with Crippen molar-refractivity contribution in [2.75, 3.05) is 33.0 Å². The molecule has 1 aromatic carbocycles. The van der Waals surface area contributed by atoms with E-state index in [2.05, 4.69) is 5.16 Å². The molecule has 0 radical (unpaired) electrons. The van der Waals surface area contributed by atoms with Crippen LogP contribution < -0.4 is 15.2 Å². The van der Waals surface area contributed by atoms with Crippen LogP contribution in [0.3, 0.4) is 0 Å². The van der Waals surface area contributed by atoms with Gasteiger partial charge in [-0.2, -0.15) is 0 Å². The summed E-state index contributed by atoms with van der Waals surface area (Å²) in [5.41, 5.74) is 9.36. The van der Waals surface area contributed by atoms with E-state index in [-0.39, 0.29) is 17.6 Å². The second kappa shape index (κ2) is 7.62. The van der Waals surface area contributed by atoms with Crippen LogP contribution in [-0.2, 0) is 0 Å². The summed E-state index contributed by atoms with van der Waals surface area (Å²) in [6, 6.07) is 7.33. The largest absolute Gasteiger partial charge is 0.493 e. The Balaban J connectivity index is 1.54. The third kappa shape index (κ3) is 3.57. The Hall–Kier alpha value is -3.29. The summed E-state index contributed by atoms with van der Waals surface area (Å²) in [4.78, 5) is 19.2. The van der Waals surface area contributed by atoms with Gasteiger partial charge < -0.3 is 24.6 Å². The Morgan fingerprint density at radius 3 is 2.45 bits per heavy atom. The number of aryl methyl sites for hydroxylation is 1. The molecule has 0 bridgehead atoms. The zero-order chi connectivity index (χ0) is 20.5. The second-order valence-electron chi connectivity index (χ2n) is 7.26. The maximum atomic E-state index is 12.6. The van der Waals surface area contributed by atoms with E-state index in [9.17, 15) is 4.79 Å². The summed E-state index contributed by atoms with van der Waals surface area (Å²) >= 11 is 0. The third-order valence-corrected chi connectivity index (χ3v) is 5.39. The lowest BCUT2D eigenvalue weighted by atomic mass is 9.91. The monoisotopic (exact) mass is 396 g/mol. The molecule has 1 amide bonds. The van der Waals surface area contributed by atoms with Gasteiger partial charge in [0, 0.05) is 36.5 Å². The number of hydrogen-bond acceptors (Lipinski definition) is 7. The molecule has 0 unspecified atom stereocenters. The number of amides is 1. The fourth-order valence-electron chi connectivity index (χ4n) is 3.84. The van der Waals surface area contributed by atoms with Gasteiger partial charge in [0.1, 0.15) is 0 Å². The number of fused-ring (bicyclic) bond motifs is 1. The third-order valence-electron chi connectivity index (χ3n) is 5.39. The molecule has 0 aliphatic carbocycles. The topological polar surface area (TPSA) is 104 Å². The molecular weight excluding hydrogens is 372 g/mol. The Morgan fingerprint density at radius 2 is 1.83 bits per heavy atom. The molecule has 0 saturated carbocycles. The number of nitrogens with two attached hydrogens (primary N) is 1. The minimum Gasteiger partial charge on any atom is -0.493 e. The van der Waals surface area contributed by atoms with Crippen LogP contribution in [0.2, 0.25) is 0 Å². The molecule has 1 aliphatic rings. The highest BCUT2D eigenvalue weighted by atomic mass is 16.5. The fraction of sp³-hybridized carbons (Fsp3) is 0.381. The van der Waals surface area contributed by atoms with Crippen molar-refractivity contribution in [3.63, 3.8) is 0 Å². The first-order valence-corrected chi connectivity index (χ1v) is 9.55. The summed E-state index contributed by atoms with van der Waals surface area (Å²) < 4.78 is 15.9. The standard InChI is InChI=1S/C21H24N4O4/c1-12-8-19(29-24-12)21(26)25-6-4-13(5-7-25)20-15(22)9-14-10-17(27-2)18(28-3)11-16(14)23-20/h8-11,13H,4-7,22H2,1-3H3. The number of nitrogen functional groups attached to an aromatic ring is 1. The van der Waals surface area contributed by atoms with E-state index < -0.39 is 0 Å². The highest BCUT2D eigenvalue weighted by molar-refractivity contribution is 5.91. The van der Waals surface area contributed by atoms with Gasteiger partial charge in [-0.3, -0.25) is 9.78 Å². The van der Waals surface area contributed by atoms with Crippen LogP contribution in [0.1, 0.15) is 40.7 Å². The summed E-state index contributed by atoms with van der Waals surface area (Å²) in [7, 11) is 3.20. The lowest BCUT2D eigenvalue weighted by Gasteiger charge is -2.31. The number of rotatable bonds is 4. The lowest BCUT2D eigenvalue weighted by molar-refractivity contribution is 0.0670. The maximum absolute atomic E-state index is 12.6. The van der Waals surface area contributed by atoms with Crippen molar-refractivity contribution < 1.29 is 18.8 Å². The lowest BCUT2D eigenvalue weighted by Crippen LogP contribution is -2.38. The van der Waals surface area contributed by atoms with Crippen LogP contribution in [0.5, 0.6) is 11.5 Å². The van der Waals surface area contributed by atoms with Gasteiger partial charge in [-0.15, -0.1) is 0 Å². The molecule has 8 heteroatoms. The maximum Gasteiger partial charge on any atom is 0.292 e. The summed E-state index contributed by atoms with van der Waals surface area (Å²) in [5.74, 6) is 1.62. The molecular formula is C21H24N4O4. The number of piperidine rings is 1. The van der Waals surface area contributed by atoms with Crippen molar-refractivity contribution in [3.05, 3.63) is 41.4 Å². The van der Waals surface area contributed by atoms with Crippen molar-refractivity contribution in [1.29, 1.82) is 0 Å². The average molecular weight is 396 g/mol. The number of ether oxygens (including phenoxy) is 2. The van der Waals surface area contributed by atoms with Crippen LogP contribution >= 0.6 is 0 Å². The van der Waals surface area contributed by atoms with E-state index >= 15 is 0 Å². The van der Waals surface area contributed by atoms with Gasteiger partial charge in [-0.25, -0.2) is 0 Å². The number of nitrogens with zero attached hydrogens (tertiary/aromatic N) is 3. The molecule has 8 nitrogen and oxygen atoms in total. The number of hydrogen-bond donors (Lipinski definition) is 1. The molecule has 2 N–H and O–H groups in total. The number of pyridine rings is 1. The molecule has 4 rings (SSSR count). The average Bonchev–Trinajstić information content (AvgIpc) is 3.18. The highest BCUT2D eigenvalue weighted by Gasteiger charge is 2.28. The number of methoxy groups -OCH3 is 2. The zero-order valence-corrected chi connectivity index (χ0v) is 16.8. The summed E-state index contributed by atoms with van der Waals surface area (Å²) in [6.45, 7) is 3.04. The van der Waals surface area contributed by atoms with Gasteiger partial charge in [0.2, 0.25) is 5.76 Å². The smallest absolute Gasteiger partial charge is 0.292 e. The Labute approximate surface area is 168 Å². The van der Waals surface area contributed by atoms with Gasteiger partial charge >= 0.3 is 0 Å². The van der Waals surface area contributed by atoms with Crippen LogP contribution in [-0.4, -0.2) is 48.3 Å². The van der Waals surface area contributed by atoms with E-state index in [1.54, 1.807) is 32.1 Å². The van der Waals surface area contributed by atoms with Crippen molar-refractivity contribution in [1.82, 2.24) is 15.0 Å². The highest BCUT2D eigenvalue weighted by Crippen LogP contribution is 2.36. The number of carbonyl (C=O) groups excluding carboxylic acids is 1. The molecule has 29 heavy (non-hydrogen) atoms. The fourth-order valence-corrected chi connectivity index (χ4v) is 3.84. The summed E-state index contributed by atoms with van der Waals surface area (Å²) in [5, 5.41) is 4.69. The number of benzene rings is 1. The molecule has 1 saturated heterocycles. The van der Waals surface area contributed by atoms with Crippen LogP contribution in [0.25, 0.3) is 10.9 Å². The quantitative estimate of drug-likeness (QED) is 0.722. The van der Waals surface area contributed by atoms with E-state index in [1.807, 2.05) is 18.2 Å². The molecule has 3 heterocycles. The van der Waals surface area contributed by atoms with Crippen molar-refractivity contribution in [2.24, 2.45) is 0 Å². The first-order valence-electron chi connectivity index (χ1n) is 9.55. The molecule has 152 valence electrons. The minimum absolute atomic E-state index is 0.125. The van der Waals surface area contributed by atoms with Gasteiger partial charge in [-0.1, -0.05) is 5.16 Å². The van der Waals surface area contributed by atoms with Crippen molar-refractivity contribution in [2.45, 2.75) is 25.7 Å². The Morgan fingerprint density at radius 1 is 1.14 bits per heavy atom. The van der Waals surface area contributed by atoms with Gasteiger partial charge in [0.15, 0.2) is 11.5 Å². The first kappa shape index (κ1) is 19.0. The predicted octanol–water partition coefficient (Wildman–Crippen LogP) is 3.15. The Kier molecular flexibility index (Phi) is 5.00. The normalized spacial score (nSPS) is 14.9. The number of aromatic nitrogens is 2. The molecule has 2 aromatic heterocycles. The van der Waals surface area contributed by atoms with Gasteiger partial charge in [-0.05, 0) is 31.9 Å². The van der Waals surface area contributed by atoms with Crippen molar-refractivity contribution >= 4 is 22.5 Å². The van der Waals surface area contributed by atoms with E-state index in [1.165, 1.54) is 0 Å². The van der Waals surface area contributed by atoms with Gasteiger partial charge in [0.05, 0.1) is 36.8 Å². The zero-order valence-electron chi connectivity index (χ0n) is 16.8. The van der Waals surface area contributed by atoms with E-state index in [0.29, 0.717) is 36.0 Å². The molecule has 1 aliphatic heterocycles. The number of anilines is 1. The van der Waals surface area contributed by atoms with Gasteiger partial charge in [0.25, 0.3) is 5.91 Å². The molecule has 0 atom stereocenters. The van der Waals surface area contributed by atoms with Crippen LogP contribution in [0, 0.1) is 6.92 Å². The summed E-state index contributed by atoms with van der Waals surface area (Å²) in [6.07, 6.45) is 1.57. The number of carbonyl (C=O) groups is 1.